The second kappa shape index (κ2) is 12.0. The van der Waals surface area contributed by atoms with Crippen molar-refractivity contribution >= 4 is 53.3 Å². The lowest BCUT2D eigenvalue weighted by atomic mass is 9.92. The molecular formula is C33H46ClN3O4SSi. The van der Waals surface area contributed by atoms with Crippen LogP contribution in [0, 0.1) is 0 Å². The first-order valence-corrected chi connectivity index (χ1v) is 19.4. The number of benzene rings is 1. The average Bonchev–Trinajstić information content (AvgIpc) is 3.54. The second-order valence-corrected chi connectivity index (χ2v) is 20.8. The third kappa shape index (κ3) is 6.76. The predicted octanol–water partition coefficient (Wildman–Crippen LogP) is 8.26. The van der Waals surface area contributed by atoms with Crippen LogP contribution >= 0.6 is 22.9 Å². The molecule has 0 radical (unpaired) electrons. The molecule has 2 aliphatic rings. The molecule has 2 atom stereocenters. The number of aliphatic hydroxyl groups excluding tert-OH is 1. The number of anilines is 1. The number of amides is 1. The molecule has 1 amide bonds. The van der Waals surface area contributed by atoms with Crippen LogP contribution in [0.15, 0.2) is 30.5 Å². The fourth-order valence-corrected chi connectivity index (χ4v) is 8.21. The minimum atomic E-state index is -2.02. The van der Waals surface area contributed by atoms with Gasteiger partial charge in [0, 0.05) is 52.0 Å². The Morgan fingerprint density at radius 3 is 2.58 bits per heavy atom. The van der Waals surface area contributed by atoms with Gasteiger partial charge in [-0.3, -0.25) is 4.98 Å². The molecule has 1 N–H and O–H groups in total. The summed E-state index contributed by atoms with van der Waals surface area (Å²) in [5.74, 6) is 0. The van der Waals surface area contributed by atoms with E-state index in [0.29, 0.717) is 18.2 Å². The monoisotopic (exact) mass is 643 g/mol. The number of likely N-dealkylation sites (tertiary alicyclic amines) is 1. The third-order valence-electron chi connectivity index (χ3n) is 9.10. The molecule has 10 heteroatoms. The molecule has 7 nitrogen and oxygen atoms in total. The van der Waals surface area contributed by atoms with Crippen molar-refractivity contribution < 1.29 is 19.1 Å². The highest BCUT2D eigenvalue weighted by Crippen LogP contribution is 2.45. The predicted molar refractivity (Wildman–Crippen MR) is 180 cm³/mol. The van der Waals surface area contributed by atoms with Gasteiger partial charge in [-0.15, -0.1) is 11.3 Å². The molecular weight excluding hydrogens is 598 g/mol. The van der Waals surface area contributed by atoms with E-state index in [1.165, 1.54) is 11.3 Å². The molecule has 4 heterocycles. The zero-order valence-corrected chi connectivity index (χ0v) is 29.4. The van der Waals surface area contributed by atoms with E-state index >= 15 is 0 Å². The van der Waals surface area contributed by atoms with E-state index in [9.17, 15) is 9.90 Å². The maximum atomic E-state index is 13.6. The summed E-state index contributed by atoms with van der Waals surface area (Å²) < 4.78 is 13.6. The summed E-state index contributed by atoms with van der Waals surface area (Å²) in [6, 6.07) is 8.19. The molecule has 1 saturated heterocycles. The van der Waals surface area contributed by atoms with E-state index < -0.39 is 13.9 Å². The van der Waals surface area contributed by atoms with Crippen LogP contribution in [0.25, 0.3) is 21.3 Å². The van der Waals surface area contributed by atoms with Crippen LogP contribution in [-0.2, 0) is 22.2 Å². The van der Waals surface area contributed by atoms with Crippen molar-refractivity contribution in [3.05, 3.63) is 45.9 Å². The van der Waals surface area contributed by atoms with Crippen LogP contribution in [0.2, 0.25) is 23.2 Å². The van der Waals surface area contributed by atoms with Gasteiger partial charge in [0.2, 0.25) is 0 Å². The van der Waals surface area contributed by atoms with Crippen molar-refractivity contribution in [1.29, 1.82) is 0 Å². The smallest absolute Gasteiger partial charge is 0.410 e. The number of aryl methyl sites for hydroxylation is 1. The van der Waals surface area contributed by atoms with Crippen LogP contribution in [-0.4, -0.2) is 66.8 Å². The zero-order chi connectivity index (χ0) is 31.3. The lowest BCUT2D eigenvalue weighted by molar-refractivity contribution is 0.0180. The Kier molecular flexibility index (Phi) is 8.97. The molecule has 0 aliphatic carbocycles. The van der Waals surface area contributed by atoms with Gasteiger partial charge >= 0.3 is 6.09 Å². The van der Waals surface area contributed by atoms with E-state index in [0.717, 1.165) is 52.0 Å². The Morgan fingerprint density at radius 1 is 1.16 bits per heavy atom. The van der Waals surface area contributed by atoms with Gasteiger partial charge in [0.05, 0.1) is 29.5 Å². The van der Waals surface area contributed by atoms with E-state index in [2.05, 4.69) is 61.9 Å². The molecule has 3 aromatic rings. The Morgan fingerprint density at radius 2 is 1.91 bits per heavy atom. The lowest BCUT2D eigenvalue weighted by Gasteiger charge is -2.38. The van der Waals surface area contributed by atoms with Crippen molar-refractivity contribution in [1.82, 2.24) is 9.88 Å². The number of aromatic nitrogens is 1. The number of pyridine rings is 1. The number of carbonyl (C=O) groups excluding carboxylic acids is 1. The van der Waals surface area contributed by atoms with E-state index in [1.54, 1.807) is 11.3 Å². The number of halogens is 1. The molecule has 0 spiro atoms. The summed E-state index contributed by atoms with van der Waals surface area (Å²) in [5.41, 5.74) is 4.85. The minimum absolute atomic E-state index is 0.0127. The fraction of sp³-hybridized carbons (Fsp3) is 0.576. The highest BCUT2D eigenvalue weighted by molar-refractivity contribution is 7.19. The van der Waals surface area contributed by atoms with Gasteiger partial charge in [-0.05, 0) is 88.0 Å². The number of hydrogen-bond acceptors (Lipinski definition) is 7. The quantitative estimate of drug-likeness (QED) is 0.273. The highest BCUT2D eigenvalue weighted by Gasteiger charge is 2.44. The normalized spacial score (nSPS) is 19.7. The third-order valence-corrected chi connectivity index (χ3v) is 15.0. The molecule has 1 fully saturated rings. The van der Waals surface area contributed by atoms with E-state index in [4.69, 9.17) is 20.8 Å². The topological polar surface area (TPSA) is 75.1 Å². The highest BCUT2D eigenvalue weighted by atomic mass is 35.5. The van der Waals surface area contributed by atoms with Gasteiger partial charge in [-0.25, -0.2) is 4.79 Å². The number of fused-ring (bicyclic) bond motifs is 2. The Bertz CT molecular complexity index is 1500. The molecule has 2 aliphatic heterocycles. The van der Waals surface area contributed by atoms with Crippen LogP contribution in [0.5, 0.6) is 0 Å². The lowest BCUT2D eigenvalue weighted by Crippen LogP contribution is -2.47. The van der Waals surface area contributed by atoms with Crippen molar-refractivity contribution in [2.75, 3.05) is 24.6 Å². The van der Waals surface area contributed by atoms with Gasteiger partial charge in [-0.1, -0.05) is 32.4 Å². The molecule has 0 saturated carbocycles. The average molecular weight is 644 g/mol. The van der Waals surface area contributed by atoms with Gasteiger partial charge in [-0.2, -0.15) is 0 Å². The summed E-state index contributed by atoms with van der Waals surface area (Å²) in [6.45, 7) is 19.0. The van der Waals surface area contributed by atoms with Gasteiger partial charge in [0.1, 0.15) is 5.60 Å². The van der Waals surface area contributed by atoms with Crippen molar-refractivity contribution in [3.63, 3.8) is 0 Å². The standard InChI is InChI=1S/C33H46ClN3O4SSi/c1-32(2,3)41-31(39)37-18-23(16-24(37)20-40-43(7,8)33(4,5)6)36-13-9-10-21-14-22(34)15-27(29(21)36)26-11-12-35-28-17-25(19-38)42-30(26)28/h11-12,14-15,17,23-24,38H,9-10,13,16,18-20H2,1-8H3/t23-,24+/m1/s1. The Balaban J connectivity index is 1.53. The van der Waals surface area contributed by atoms with Gasteiger partial charge in [0.15, 0.2) is 8.32 Å². The molecule has 2 aromatic heterocycles. The first kappa shape index (κ1) is 32.2. The summed E-state index contributed by atoms with van der Waals surface area (Å²) in [7, 11) is -2.02. The maximum Gasteiger partial charge on any atom is 0.410 e. The molecule has 0 unspecified atom stereocenters. The van der Waals surface area contributed by atoms with Crippen LogP contribution in [0.4, 0.5) is 10.5 Å². The Hall–Kier alpha value is -2.17. The Labute approximate surface area is 266 Å². The summed E-state index contributed by atoms with van der Waals surface area (Å²) in [4.78, 5) is 23.4. The molecule has 5 rings (SSSR count). The van der Waals surface area contributed by atoms with Crippen LogP contribution in [0.3, 0.4) is 0 Å². The first-order chi connectivity index (χ1) is 20.1. The maximum absolute atomic E-state index is 13.6. The van der Waals surface area contributed by atoms with E-state index in [1.807, 2.05) is 37.9 Å². The summed E-state index contributed by atoms with van der Waals surface area (Å²) >= 11 is 8.31. The van der Waals surface area contributed by atoms with Gasteiger partial charge in [0.25, 0.3) is 0 Å². The molecule has 234 valence electrons. The van der Waals surface area contributed by atoms with Crippen molar-refractivity contribution in [3.8, 4) is 11.1 Å². The van der Waals surface area contributed by atoms with Crippen LogP contribution < -0.4 is 4.90 Å². The number of aliphatic hydroxyl groups is 1. The fourth-order valence-electron chi connectivity index (χ4n) is 5.93. The summed E-state index contributed by atoms with van der Waals surface area (Å²) in [5, 5.41) is 10.6. The number of hydrogen-bond donors (Lipinski definition) is 1. The second-order valence-electron chi connectivity index (χ2n) is 14.4. The zero-order valence-electron chi connectivity index (χ0n) is 26.8. The first-order valence-electron chi connectivity index (χ1n) is 15.3. The number of rotatable bonds is 6. The van der Waals surface area contributed by atoms with Crippen molar-refractivity contribution in [2.45, 2.75) is 103 Å². The number of ether oxygens (including phenoxy) is 1. The van der Waals surface area contributed by atoms with Crippen LogP contribution in [0.1, 0.15) is 64.8 Å². The number of thiophene rings is 1. The number of carbonyl (C=O) groups is 1. The number of nitrogens with zero attached hydrogens (tertiary/aromatic N) is 3. The molecule has 43 heavy (non-hydrogen) atoms. The van der Waals surface area contributed by atoms with E-state index in [-0.39, 0.29) is 29.8 Å². The minimum Gasteiger partial charge on any atom is -0.444 e. The van der Waals surface area contributed by atoms with Gasteiger partial charge < -0.3 is 24.1 Å². The SMILES string of the molecule is CC(C)(C)OC(=O)N1C[C@H](N2CCCc3cc(Cl)cc(-c4ccnc5cc(CO)sc45)c32)C[C@H]1CO[Si](C)(C)C(C)(C)C. The summed E-state index contributed by atoms with van der Waals surface area (Å²) in [6.07, 6.45) is 4.31. The molecule has 0 bridgehead atoms. The van der Waals surface area contributed by atoms with Crippen molar-refractivity contribution in [2.24, 2.45) is 0 Å². The molecule has 1 aromatic carbocycles. The largest absolute Gasteiger partial charge is 0.444 e.